The Morgan fingerprint density at radius 3 is 2.29 bits per heavy atom. The zero-order valence-corrected chi connectivity index (χ0v) is 19.9. The molecule has 0 aliphatic carbocycles. The summed E-state index contributed by atoms with van der Waals surface area (Å²) >= 11 is 0. The molecule has 2 aliphatic heterocycles. The van der Waals surface area contributed by atoms with Crippen molar-refractivity contribution in [3.63, 3.8) is 0 Å². The van der Waals surface area contributed by atoms with Crippen molar-refractivity contribution in [2.75, 3.05) is 76.3 Å². The molecule has 34 heavy (non-hydrogen) atoms. The highest BCUT2D eigenvalue weighted by Crippen LogP contribution is 2.21. The third-order valence-corrected chi connectivity index (χ3v) is 6.77. The van der Waals surface area contributed by atoms with Crippen molar-refractivity contribution in [2.45, 2.75) is 12.8 Å². The minimum absolute atomic E-state index is 0.154. The van der Waals surface area contributed by atoms with Crippen LogP contribution in [-0.4, -0.2) is 102 Å². The maximum atomic E-state index is 12.9. The molecular weight excluding hydrogens is 432 g/mol. The molecule has 0 N–H and O–H groups in total. The predicted molar refractivity (Wildman–Crippen MR) is 131 cm³/mol. The van der Waals surface area contributed by atoms with Crippen molar-refractivity contribution >= 4 is 23.1 Å². The molecule has 2 aromatic heterocycles. The Bertz CT molecular complexity index is 1120. The van der Waals surface area contributed by atoms with E-state index in [1.807, 2.05) is 29.2 Å². The number of carbonyl (C=O) groups is 1. The van der Waals surface area contributed by atoms with E-state index in [-0.39, 0.29) is 5.91 Å². The topological polar surface area (TPSA) is 82.3 Å². The van der Waals surface area contributed by atoms with E-state index in [1.54, 1.807) is 11.6 Å². The number of aryl methyl sites for hydroxylation is 1. The Labute approximate surface area is 199 Å². The molecule has 2 saturated heterocycles. The van der Waals surface area contributed by atoms with E-state index in [0.29, 0.717) is 18.5 Å². The zero-order chi connectivity index (χ0) is 23.5. The van der Waals surface area contributed by atoms with Crippen LogP contribution in [-0.2, 0) is 11.2 Å². The lowest BCUT2D eigenvalue weighted by Gasteiger charge is -2.36. The summed E-state index contributed by atoms with van der Waals surface area (Å²) in [6, 6.07) is 12.0. The number of likely N-dealkylation sites (N-methyl/N-ethyl adjacent to an activating group) is 1. The Hall–Kier alpha value is -3.40. The number of amides is 1. The second-order valence-electron chi connectivity index (χ2n) is 8.93. The van der Waals surface area contributed by atoms with Crippen LogP contribution in [0.3, 0.4) is 0 Å². The number of fused-ring (bicyclic) bond motifs is 1. The van der Waals surface area contributed by atoms with Crippen molar-refractivity contribution < 1.29 is 9.53 Å². The number of hydrogen-bond acceptors (Lipinski definition) is 8. The van der Waals surface area contributed by atoms with E-state index >= 15 is 0 Å². The fourth-order valence-electron chi connectivity index (χ4n) is 4.57. The molecule has 0 bridgehead atoms. The summed E-state index contributed by atoms with van der Waals surface area (Å²) in [5.74, 6) is 2.67. The minimum Gasteiger partial charge on any atom is -0.497 e. The van der Waals surface area contributed by atoms with Crippen LogP contribution in [0.15, 0.2) is 36.4 Å². The van der Waals surface area contributed by atoms with Gasteiger partial charge >= 0.3 is 0 Å². The second-order valence-corrected chi connectivity index (χ2v) is 8.93. The summed E-state index contributed by atoms with van der Waals surface area (Å²) in [6.45, 7) is 7.03. The first-order chi connectivity index (χ1) is 16.6. The average molecular weight is 465 g/mol. The highest BCUT2D eigenvalue weighted by molar-refractivity contribution is 5.76. The first kappa shape index (κ1) is 22.4. The Kier molecular flexibility index (Phi) is 6.48. The van der Waals surface area contributed by atoms with Gasteiger partial charge < -0.3 is 24.3 Å². The molecule has 0 saturated carbocycles. The minimum atomic E-state index is 0.154. The molecular formula is C24H32N8O2. The maximum absolute atomic E-state index is 12.9. The lowest BCUT2D eigenvalue weighted by molar-refractivity contribution is -0.131. The standard InChI is InChI=1S/C24H32N8O2/c1-28-11-13-30(14-12-28)23-8-7-21-25-26-22(32(21)27-23)9-10-24(33)31-17-15-29(16-18-31)19-3-5-20(34-2)6-4-19/h3-8H,9-18H2,1-2H3. The van der Waals surface area contributed by atoms with E-state index in [0.717, 1.165) is 75.4 Å². The number of methoxy groups -OCH3 is 1. The van der Waals surface area contributed by atoms with Gasteiger partial charge in [0, 0.05) is 70.9 Å². The van der Waals surface area contributed by atoms with Gasteiger partial charge in [-0.25, -0.2) is 0 Å². The van der Waals surface area contributed by atoms with Gasteiger partial charge in [0.15, 0.2) is 11.5 Å². The number of piperazine rings is 2. The van der Waals surface area contributed by atoms with E-state index in [2.05, 4.69) is 44.1 Å². The molecule has 2 aliphatic rings. The highest BCUT2D eigenvalue weighted by atomic mass is 16.5. The summed E-state index contributed by atoms with van der Waals surface area (Å²) in [4.78, 5) is 21.8. The summed E-state index contributed by atoms with van der Waals surface area (Å²) < 4.78 is 7.03. The quantitative estimate of drug-likeness (QED) is 0.538. The van der Waals surface area contributed by atoms with Crippen LogP contribution in [0.5, 0.6) is 5.75 Å². The first-order valence-electron chi connectivity index (χ1n) is 11.9. The SMILES string of the molecule is COc1ccc(N2CCN(C(=O)CCc3nnc4ccc(N5CCN(C)CC5)nn34)CC2)cc1. The van der Waals surface area contributed by atoms with Gasteiger partial charge in [-0.2, -0.15) is 4.52 Å². The number of carbonyl (C=O) groups excluding carboxylic acids is 1. The van der Waals surface area contributed by atoms with Crippen molar-refractivity contribution in [2.24, 2.45) is 0 Å². The Balaban J connectivity index is 1.17. The summed E-state index contributed by atoms with van der Waals surface area (Å²) in [7, 11) is 3.81. The number of anilines is 2. The van der Waals surface area contributed by atoms with E-state index < -0.39 is 0 Å². The van der Waals surface area contributed by atoms with Gasteiger partial charge in [-0.05, 0) is 43.4 Å². The van der Waals surface area contributed by atoms with Crippen LogP contribution in [0, 0.1) is 0 Å². The van der Waals surface area contributed by atoms with Crippen LogP contribution < -0.4 is 14.5 Å². The van der Waals surface area contributed by atoms with Gasteiger partial charge in [-0.1, -0.05) is 0 Å². The molecule has 0 unspecified atom stereocenters. The summed E-state index contributed by atoms with van der Waals surface area (Å²) in [5.41, 5.74) is 1.87. The molecule has 5 rings (SSSR count). The number of nitrogens with zero attached hydrogens (tertiary/aromatic N) is 8. The third-order valence-electron chi connectivity index (χ3n) is 6.77. The van der Waals surface area contributed by atoms with Crippen molar-refractivity contribution in [1.82, 2.24) is 29.6 Å². The van der Waals surface area contributed by atoms with Gasteiger partial charge in [0.25, 0.3) is 0 Å². The lowest BCUT2D eigenvalue weighted by Crippen LogP contribution is -2.48. The predicted octanol–water partition coefficient (Wildman–Crippen LogP) is 1.17. The molecule has 0 spiro atoms. The first-order valence-corrected chi connectivity index (χ1v) is 11.9. The number of hydrogen-bond donors (Lipinski definition) is 0. The van der Waals surface area contributed by atoms with Crippen LogP contribution >= 0.6 is 0 Å². The summed E-state index contributed by atoms with van der Waals surface area (Å²) in [6.07, 6.45) is 0.932. The monoisotopic (exact) mass is 464 g/mol. The fourth-order valence-corrected chi connectivity index (χ4v) is 4.57. The largest absolute Gasteiger partial charge is 0.497 e. The third kappa shape index (κ3) is 4.77. The number of aromatic nitrogens is 4. The van der Waals surface area contributed by atoms with Gasteiger partial charge in [0.1, 0.15) is 11.6 Å². The van der Waals surface area contributed by atoms with Crippen molar-refractivity contribution in [3.8, 4) is 5.75 Å². The van der Waals surface area contributed by atoms with Crippen molar-refractivity contribution in [3.05, 3.63) is 42.2 Å². The van der Waals surface area contributed by atoms with Crippen LogP contribution in [0.25, 0.3) is 5.65 Å². The van der Waals surface area contributed by atoms with Crippen LogP contribution in [0.4, 0.5) is 11.5 Å². The number of rotatable bonds is 6. The maximum Gasteiger partial charge on any atom is 0.223 e. The van der Waals surface area contributed by atoms with E-state index in [9.17, 15) is 4.79 Å². The fraction of sp³-hybridized carbons (Fsp3) is 0.500. The van der Waals surface area contributed by atoms with Crippen molar-refractivity contribution in [1.29, 1.82) is 0 Å². The van der Waals surface area contributed by atoms with Gasteiger partial charge in [-0.3, -0.25) is 4.79 Å². The number of benzene rings is 1. The molecule has 10 heteroatoms. The smallest absolute Gasteiger partial charge is 0.223 e. The molecule has 3 aromatic rings. The average Bonchev–Trinajstić information content (AvgIpc) is 3.30. The van der Waals surface area contributed by atoms with Crippen LogP contribution in [0.2, 0.25) is 0 Å². The molecule has 4 heterocycles. The molecule has 0 atom stereocenters. The Morgan fingerprint density at radius 1 is 0.882 bits per heavy atom. The second kappa shape index (κ2) is 9.84. The zero-order valence-electron chi connectivity index (χ0n) is 19.9. The van der Waals surface area contributed by atoms with Gasteiger partial charge in [-0.15, -0.1) is 15.3 Å². The van der Waals surface area contributed by atoms with Gasteiger partial charge in [0.05, 0.1) is 7.11 Å². The van der Waals surface area contributed by atoms with Gasteiger partial charge in [0.2, 0.25) is 5.91 Å². The molecule has 2 fully saturated rings. The Morgan fingerprint density at radius 2 is 1.59 bits per heavy atom. The van der Waals surface area contributed by atoms with Crippen LogP contribution in [0.1, 0.15) is 12.2 Å². The molecule has 180 valence electrons. The molecule has 1 aromatic carbocycles. The van der Waals surface area contributed by atoms with E-state index in [1.165, 1.54) is 0 Å². The number of ether oxygens (including phenoxy) is 1. The van der Waals surface area contributed by atoms with E-state index in [4.69, 9.17) is 9.84 Å². The highest BCUT2D eigenvalue weighted by Gasteiger charge is 2.22. The normalized spacial score (nSPS) is 17.4. The molecule has 1 amide bonds. The molecule has 10 nitrogen and oxygen atoms in total. The summed E-state index contributed by atoms with van der Waals surface area (Å²) in [5, 5.41) is 13.3. The molecule has 0 radical (unpaired) electrons. The lowest BCUT2D eigenvalue weighted by atomic mass is 10.2.